The van der Waals surface area contributed by atoms with Crippen molar-refractivity contribution >= 4 is 5.91 Å². The van der Waals surface area contributed by atoms with Gasteiger partial charge in [0.1, 0.15) is 5.75 Å². The average molecular weight is 257 g/mol. The summed E-state index contributed by atoms with van der Waals surface area (Å²) in [6.07, 6.45) is 0. The van der Waals surface area contributed by atoms with E-state index >= 15 is 0 Å². The molecule has 0 radical (unpaired) electrons. The number of benzene rings is 2. The Morgan fingerprint density at radius 2 is 1.89 bits per heavy atom. The van der Waals surface area contributed by atoms with E-state index in [1.54, 1.807) is 19.1 Å². The van der Waals surface area contributed by atoms with Crippen molar-refractivity contribution in [1.29, 1.82) is 0 Å². The molecular weight excluding hydrogens is 242 g/mol. The van der Waals surface area contributed by atoms with E-state index in [1.165, 1.54) is 6.07 Å². The highest BCUT2D eigenvalue weighted by atomic mass is 16.6. The van der Waals surface area contributed by atoms with Gasteiger partial charge in [0.25, 0.3) is 5.91 Å². The van der Waals surface area contributed by atoms with Crippen LogP contribution >= 0.6 is 0 Å². The van der Waals surface area contributed by atoms with Gasteiger partial charge in [-0.1, -0.05) is 36.4 Å². The van der Waals surface area contributed by atoms with Crippen molar-refractivity contribution in [2.45, 2.75) is 13.5 Å². The van der Waals surface area contributed by atoms with Crippen LogP contribution in [0.25, 0.3) is 0 Å². The van der Waals surface area contributed by atoms with Crippen LogP contribution in [0.1, 0.15) is 21.5 Å². The Balaban J connectivity index is 1.93. The first kappa shape index (κ1) is 13.1. The first-order chi connectivity index (χ1) is 9.18. The molecule has 0 aromatic heterocycles. The van der Waals surface area contributed by atoms with Gasteiger partial charge in [-0.3, -0.25) is 9.63 Å². The summed E-state index contributed by atoms with van der Waals surface area (Å²) in [6, 6.07) is 14.3. The van der Waals surface area contributed by atoms with Gasteiger partial charge in [-0.2, -0.15) is 0 Å². The molecule has 0 atom stereocenters. The molecule has 4 heteroatoms. The highest BCUT2D eigenvalue weighted by Crippen LogP contribution is 2.19. The number of hydrogen-bond donors (Lipinski definition) is 2. The lowest BCUT2D eigenvalue weighted by molar-refractivity contribution is 0.0233. The van der Waals surface area contributed by atoms with Crippen molar-refractivity contribution < 1.29 is 14.7 Å². The fourth-order valence-corrected chi connectivity index (χ4v) is 1.68. The number of phenols is 1. The average Bonchev–Trinajstić information content (AvgIpc) is 2.43. The van der Waals surface area contributed by atoms with E-state index in [-0.39, 0.29) is 11.7 Å². The molecule has 0 bridgehead atoms. The Kier molecular flexibility index (Phi) is 4.15. The zero-order valence-corrected chi connectivity index (χ0v) is 10.6. The maximum atomic E-state index is 11.9. The van der Waals surface area contributed by atoms with Crippen molar-refractivity contribution in [2.24, 2.45) is 0 Å². The van der Waals surface area contributed by atoms with Crippen LogP contribution in [0, 0.1) is 6.92 Å². The second-order valence-electron chi connectivity index (χ2n) is 4.16. The number of hydroxylamine groups is 1. The third-order valence-electron chi connectivity index (χ3n) is 2.80. The number of hydrogen-bond acceptors (Lipinski definition) is 3. The molecule has 0 heterocycles. The first-order valence-corrected chi connectivity index (χ1v) is 5.93. The van der Waals surface area contributed by atoms with Crippen molar-refractivity contribution in [3.05, 3.63) is 65.2 Å². The summed E-state index contributed by atoms with van der Waals surface area (Å²) >= 11 is 0. The van der Waals surface area contributed by atoms with E-state index < -0.39 is 0 Å². The normalized spacial score (nSPS) is 10.2. The number of amides is 1. The highest BCUT2D eigenvalue weighted by molar-refractivity contribution is 5.95. The van der Waals surface area contributed by atoms with Crippen molar-refractivity contribution in [2.75, 3.05) is 0 Å². The first-order valence-electron chi connectivity index (χ1n) is 5.93. The lowest BCUT2D eigenvalue weighted by Gasteiger charge is -2.08. The van der Waals surface area contributed by atoms with Crippen LogP contribution in [-0.2, 0) is 11.4 Å². The lowest BCUT2D eigenvalue weighted by Crippen LogP contribution is -2.24. The molecule has 0 saturated heterocycles. The second kappa shape index (κ2) is 6.02. The SMILES string of the molecule is Cc1c(O)cccc1C(=O)NOCc1ccccc1. The number of aromatic hydroxyl groups is 1. The largest absolute Gasteiger partial charge is 0.508 e. The summed E-state index contributed by atoms with van der Waals surface area (Å²) in [7, 11) is 0. The Bertz CT molecular complexity index is 567. The fraction of sp³-hybridized carbons (Fsp3) is 0.133. The van der Waals surface area contributed by atoms with Crippen LogP contribution in [0.2, 0.25) is 0 Å². The quantitative estimate of drug-likeness (QED) is 0.828. The van der Waals surface area contributed by atoms with Gasteiger partial charge in [-0.25, -0.2) is 5.48 Å². The Hall–Kier alpha value is -2.33. The third-order valence-corrected chi connectivity index (χ3v) is 2.80. The van der Waals surface area contributed by atoms with Gasteiger partial charge in [0.05, 0.1) is 6.61 Å². The van der Waals surface area contributed by atoms with Crippen LogP contribution in [0.4, 0.5) is 0 Å². The molecule has 0 aliphatic carbocycles. The van der Waals surface area contributed by atoms with E-state index in [4.69, 9.17) is 4.84 Å². The minimum atomic E-state index is -0.371. The van der Waals surface area contributed by atoms with Crippen molar-refractivity contribution in [1.82, 2.24) is 5.48 Å². The summed E-state index contributed by atoms with van der Waals surface area (Å²) in [4.78, 5) is 17.0. The smallest absolute Gasteiger partial charge is 0.275 e. The molecule has 4 nitrogen and oxygen atoms in total. The van der Waals surface area contributed by atoms with Gasteiger partial charge in [0, 0.05) is 11.1 Å². The Morgan fingerprint density at radius 3 is 2.63 bits per heavy atom. The Morgan fingerprint density at radius 1 is 1.16 bits per heavy atom. The van der Waals surface area contributed by atoms with Crippen LogP contribution in [0.15, 0.2) is 48.5 Å². The minimum absolute atomic E-state index is 0.0932. The van der Waals surface area contributed by atoms with Crippen LogP contribution in [0.3, 0.4) is 0 Å². The van der Waals surface area contributed by atoms with Crippen molar-refractivity contribution in [3.8, 4) is 5.75 Å². The molecule has 0 spiro atoms. The van der Waals surface area contributed by atoms with Crippen LogP contribution < -0.4 is 5.48 Å². The van der Waals surface area contributed by atoms with Gasteiger partial charge in [0.2, 0.25) is 0 Å². The van der Waals surface area contributed by atoms with Crippen LogP contribution in [-0.4, -0.2) is 11.0 Å². The Labute approximate surface area is 111 Å². The summed E-state index contributed by atoms with van der Waals surface area (Å²) in [5.41, 5.74) is 4.26. The molecule has 0 aliphatic rings. The molecular formula is C15H15NO3. The summed E-state index contributed by atoms with van der Waals surface area (Å²) in [6.45, 7) is 1.98. The van der Waals surface area contributed by atoms with Gasteiger partial charge in [-0.05, 0) is 24.6 Å². The zero-order valence-electron chi connectivity index (χ0n) is 10.6. The summed E-state index contributed by atoms with van der Waals surface area (Å²) < 4.78 is 0. The molecule has 1 amide bonds. The number of carbonyl (C=O) groups is 1. The minimum Gasteiger partial charge on any atom is -0.508 e. The predicted octanol–water partition coefficient (Wildman–Crippen LogP) is 2.56. The van der Waals surface area contributed by atoms with E-state index in [9.17, 15) is 9.90 Å². The van der Waals surface area contributed by atoms with Crippen LogP contribution in [0.5, 0.6) is 5.75 Å². The summed E-state index contributed by atoms with van der Waals surface area (Å²) in [5, 5.41) is 9.53. The molecule has 19 heavy (non-hydrogen) atoms. The summed E-state index contributed by atoms with van der Waals surface area (Å²) in [5.74, 6) is -0.278. The van der Waals surface area contributed by atoms with Gasteiger partial charge < -0.3 is 5.11 Å². The maximum Gasteiger partial charge on any atom is 0.275 e. The number of nitrogens with one attached hydrogen (secondary N) is 1. The molecule has 2 aromatic rings. The molecule has 0 unspecified atom stereocenters. The highest BCUT2D eigenvalue weighted by Gasteiger charge is 2.11. The zero-order chi connectivity index (χ0) is 13.7. The second-order valence-corrected chi connectivity index (χ2v) is 4.16. The maximum absolute atomic E-state index is 11.9. The molecule has 0 fully saturated rings. The third kappa shape index (κ3) is 3.33. The molecule has 0 saturated carbocycles. The molecule has 98 valence electrons. The number of phenolic OH excluding ortho intramolecular Hbond substituents is 1. The molecule has 2 rings (SSSR count). The topological polar surface area (TPSA) is 58.6 Å². The molecule has 0 aliphatic heterocycles. The monoisotopic (exact) mass is 257 g/mol. The standard InChI is InChI=1S/C15H15NO3/c1-11-13(8-5-9-14(11)17)15(18)16-19-10-12-6-3-2-4-7-12/h2-9,17H,10H2,1H3,(H,16,18). The molecule has 2 aromatic carbocycles. The van der Waals surface area contributed by atoms with Gasteiger partial charge >= 0.3 is 0 Å². The lowest BCUT2D eigenvalue weighted by atomic mass is 10.1. The number of carbonyl (C=O) groups excluding carboxylic acids is 1. The number of rotatable bonds is 4. The van der Waals surface area contributed by atoms with Crippen molar-refractivity contribution in [3.63, 3.8) is 0 Å². The van der Waals surface area contributed by atoms with E-state index in [0.29, 0.717) is 17.7 Å². The van der Waals surface area contributed by atoms with E-state index in [1.807, 2.05) is 30.3 Å². The van der Waals surface area contributed by atoms with E-state index in [0.717, 1.165) is 5.56 Å². The van der Waals surface area contributed by atoms with E-state index in [2.05, 4.69) is 5.48 Å². The van der Waals surface area contributed by atoms with Gasteiger partial charge in [-0.15, -0.1) is 0 Å². The molecule has 2 N–H and O–H groups in total. The van der Waals surface area contributed by atoms with Gasteiger partial charge in [0.15, 0.2) is 0 Å². The fourth-order valence-electron chi connectivity index (χ4n) is 1.68. The predicted molar refractivity (Wildman–Crippen MR) is 71.5 cm³/mol.